The molecule has 1 saturated heterocycles. The highest BCUT2D eigenvalue weighted by atomic mass is 16.3. The predicted molar refractivity (Wildman–Crippen MR) is 87.8 cm³/mol. The van der Waals surface area contributed by atoms with Crippen molar-refractivity contribution in [3.63, 3.8) is 0 Å². The Morgan fingerprint density at radius 1 is 1.14 bits per heavy atom. The number of phenolic OH excluding ortho intramolecular Hbond substituents is 1. The second-order valence-corrected chi connectivity index (χ2v) is 6.75. The zero-order valence-electron chi connectivity index (χ0n) is 13.3. The summed E-state index contributed by atoms with van der Waals surface area (Å²) in [6.07, 6.45) is 6.25. The number of hydrogen-bond acceptors (Lipinski definition) is 4. The first kappa shape index (κ1) is 15.8. The second kappa shape index (κ2) is 7.44. The van der Waals surface area contributed by atoms with E-state index < -0.39 is 0 Å². The van der Waals surface area contributed by atoms with Crippen molar-refractivity contribution in [3.05, 3.63) is 29.8 Å². The first-order valence-electron chi connectivity index (χ1n) is 8.63. The zero-order valence-corrected chi connectivity index (χ0v) is 13.3. The van der Waals surface area contributed by atoms with E-state index in [9.17, 15) is 10.2 Å². The van der Waals surface area contributed by atoms with Crippen LogP contribution in [0.25, 0.3) is 0 Å². The molecular formula is C18H28N2O2. The summed E-state index contributed by atoms with van der Waals surface area (Å²) in [6.45, 7) is 4.36. The molecule has 122 valence electrons. The van der Waals surface area contributed by atoms with Gasteiger partial charge in [0.2, 0.25) is 0 Å². The van der Waals surface area contributed by atoms with E-state index in [1.807, 2.05) is 12.1 Å². The molecule has 22 heavy (non-hydrogen) atoms. The van der Waals surface area contributed by atoms with Gasteiger partial charge in [-0.05, 0) is 37.0 Å². The molecule has 0 unspecified atom stereocenters. The van der Waals surface area contributed by atoms with Crippen molar-refractivity contribution in [2.45, 2.75) is 50.7 Å². The van der Waals surface area contributed by atoms with Crippen LogP contribution in [0.3, 0.4) is 0 Å². The number of piperazine rings is 1. The largest absolute Gasteiger partial charge is 0.508 e. The molecule has 0 radical (unpaired) electrons. The predicted octanol–water partition coefficient (Wildman–Crippen LogP) is 2.20. The topological polar surface area (TPSA) is 46.9 Å². The third kappa shape index (κ3) is 3.80. The summed E-state index contributed by atoms with van der Waals surface area (Å²) in [5, 5.41) is 19.0. The maximum Gasteiger partial charge on any atom is 0.115 e. The van der Waals surface area contributed by atoms with E-state index in [1.165, 1.54) is 25.7 Å². The highest BCUT2D eigenvalue weighted by Gasteiger charge is 2.32. The molecule has 1 heterocycles. The van der Waals surface area contributed by atoms with E-state index in [0.29, 0.717) is 11.8 Å². The fourth-order valence-corrected chi connectivity index (χ4v) is 4.11. The third-order valence-electron chi connectivity index (χ3n) is 5.19. The van der Waals surface area contributed by atoms with Crippen molar-refractivity contribution < 1.29 is 10.2 Å². The van der Waals surface area contributed by atoms with Crippen LogP contribution in [0.2, 0.25) is 0 Å². The molecule has 1 saturated carbocycles. The summed E-state index contributed by atoms with van der Waals surface area (Å²) in [4.78, 5) is 5.11. The fourth-order valence-electron chi connectivity index (χ4n) is 4.11. The van der Waals surface area contributed by atoms with Crippen LogP contribution >= 0.6 is 0 Å². The lowest BCUT2D eigenvalue weighted by Crippen LogP contribution is -2.55. The molecule has 2 N–H and O–H groups in total. The molecule has 1 aromatic rings. The molecule has 2 aliphatic rings. The number of phenols is 1. The third-order valence-corrected chi connectivity index (χ3v) is 5.19. The lowest BCUT2D eigenvalue weighted by atomic mass is 10.0. The van der Waals surface area contributed by atoms with Gasteiger partial charge in [-0.2, -0.15) is 0 Å². The molecule has 1 atom stereocenters. The molecule has 1 aromatic carbocycles. The van der Waals surface area contributed by atoms with Gasteiger partial charge in [0.1, 0.15) is 5.75 Å². The summed E-state index contributed by atoms with van der Waals surface area (Å²) in [5.74, 6) is 0.342. The molecule has 4 heteroatoms. The van der Waals surface area contributed by atoms with E-state index in [0.717, 1.165) is 44.2 Å². The SMILES string of the molecule is OCC[C@@H]1CN(Cc2cccc(O)c2)CCN1C1CCCC1. The van der Waals surface area contributed by atoms with Gasteiger partial charge in [0.15, 0.2) is 0 Å². The summed E-state index contributed by atoms with van der Waals surface area (Å²) in [5.41, 5.74) is 1.16. The minimum Gasteiger partial charge on any atom is -0.508 e. The average Bonchev–Trinajstić information content (AvgIpc) is 3.02. The molecule has 0 bridgehead atoms. The quantitative estimate of drug-likeness (QED) is 0.875. The van der Waals surface area contributed by atoms with Crippen molar-refractivity contribution in [3.8, 4) is 5.75 Å². The van der Waals surface area contributed by atoms with Crippen molar-refractivity contribution in [1.29, 1.82) is 0 Å². The second-order valence-electron chi connectivity index (χ2n) is 6.75. The Morgan fingerprint density at radius 2 is 1.95 bits per heavy atom. The number of aliphatic hydroxyl groups is 1. The zero-order chi connectivity index (χ0) is 15.4. The Labute approximate surface area is 133 Å². The van der Waals surface area contributed by atoms with Crippen LogP contribution in [0.1, 0.15) is 37.7 Å². The first-order valence-corrected chi connectivity index (χ1v) is 8.63. The van der Waals surface area contributed by atoms with Crippen LogP contribution < -0.4 is 0 Å². The van der Waals surface area contributed by atoms with Crippen LogP contribution in [0, 0.1) is 0 Å². The van der Waals surface area contributed by atoms with E-state index in [-0.39, 0.29) is 6.61 Å². The standard InChI is InChI=1S/C18H28N2O2/c21-11-8-17-14-19(13-15-4-3-7-18(22)12-15)9-10-20(17)16-5-1-2-6-16/h3-4,7,12,16-17,21-22H,1-2,5-6,8-11,13-14H2/t17-/m1/s1. The van der Waals surface area contributed by atoms with Gasteiger partial charge in [-0.1, -0.05) is 25.0 Å². The van der Waals surface area contributed by atoms with Crippen molar-refractivity contribution in [2.75, 3.05) is 26.2 Å². The summed E-state index contributed by atoms with van der Waals surface area (Å²) in [7, 11) is 0. The van der Waals surface area contributed by atoms with Gasteiger partial charge in [-0.15, -0.1) is 0 Å². The molecule has 0 amide bonds. The first-order chi connectivity index (χ1) is 10.8. The van der Waals surface area contributed by atoms with Gasteiger partial charge in [0, 0.05) is 44.9 Å². The van der Waals surface area contributed by atoms with E-state index in [4.69, 9.17) is 0 Å². The number of hydrogen-bond donors (Lipinski definition) is 2. The fraction of sp³-hybridized carbons (Fsp3) is 0.667. The monoisotopic (exact) mass is 304 g/mol. The van der Waals surface area contributed by atoms with Crippen LogP contribution in [0.5, 0.6) is 5.75 Å². The molecule has 0 spiro atoms. The Balaban J connectivity index is 1.61. The molecule has 4 nitrogen and oxygen atoms in total. The van der Waals surface area contributed by atoms with Crippen molar-refractivity contribution in [2.24, 2.45) is 0 Å². The Bertz CT molecular complexity index is 474. The minimum atomic E-state index is 0.272. The summed E-state index contributed by atoms with van der Waals surface area (Å²) < 4.78 is 0. The maximum atomic E-state index is 9.60. The van der Waals surface area contributed by atoms with Crippen LogP contribution in [-0.2, 0) is 6.54 Å². The Kier molecular flexibility index (Phi) is 5.34. The van der Waals surface area contributed by atoms with Gasteiger partial charge < -0.3 is 10.2 Å². The average molecular weight is 304 g/mol. The number of benzene rings is 1. The Hall–Kier alpha value is -1.10. The lowest BCUT2D eigenvalue weighted by Gasteiger charge is -2.44. The van der Waals surface area contributed by atoms with E-state index in [1.54, 1.807) is 6.07 Å². The molecule has 0 aromatic heterocycles. The van der Waals surface area contributed by atoms with Crippen LogP contribution in [-0.4, -0.2) is 58.3 Å². The number of aromatic hydroxyl groups is 1. The number of rotatable bonds is 5. The molecule has 3 rings (SSSR count). The van der Waals surface area contributed by atoms with E-state index >= 15 is 0 Å². The van der Waals surface area contributed by atoms with Gasteiger partial charge in [-0.3, -0.25) is 9.80 Å². The highest BCUT2D eigenvalue weighted by molar-refractivity contribution is 5.27. The normalized spacial score (nSPS) is 24.9. The molecule has 1 aliphatic heterocycles. The summed E-state index contributed by atoms with van der Waals surface area (Å²) >= 11 is 0. The smallest absolute Gasteiger partial charge is 0.115 e. The molecule has 1 aliphatic carbocycles. The maximum absolute atomic E-state index is 9.60. The van der Waals surface area contributed by atoms with Gasteiger partial charge >= 0.3 is 0 Å². The highest BCUT2D eigenvalue weighted by Crippen LogP contribution is 2.28. The van der Waals surface area contributed by atoms with Gasteiger partial charge in [-0.25, -0.2) is 0 Å². The van der Waals surface area contributed by atoms with Gasteiger partial charge in [0.25, 0.3) is 0 Å². The van der Waals surface area contributed by atoms with Crippen LogP contribution in [0.4, 0.5) is 0 Å². The molecule has 2 fully saturated rings. The van der Waals surface area contributed by atoms with Crippen molar-refractivity contribution in [1.82, 2.24) is 9.80 Å². The lowest BCUT2D eigenvalue weighted by molar-refractivity contribution is 0.0267. The van der Waals surface area contributed by atoms with Crippen molar-refractivity contribution >= 4 is 0 Å². The number of nitrogens with zero attached hydrogens (tertiary/aromatic N) is 2. The molecular weight excluding hydrogens is 276 g/mol. The van der Waals surface area contributed by atoms with Crippen LogP contribution in [0.15, 0.2) is 24.3 Å². The Morgan fingerprint density at radius 3 is 2.68 bits per heavy atom. The number of aliphatic hydroxyl groups excluding tert-OH is 1. The summed E-state index contributed by atoms with van der Waals surface area (Å²) in [6, 6.07) is 8.76. The minimum absolute atomic E-state index is 0.272. The van der Waals surface area contributed by atoms with Gasteiger partial charge in [0.05, 0.1) is 0 Å². The van der Waals surface area contributed by atoms with E-state index in [2.05, 4.69) is 15.9 Å².